The molecular weight excluding hydrogens is 264 g/mol. The molecule has 19 heavy (non-hydrogen) atoms. The quantitative estimate of drug-likeness (QED) is 0.833. The summed E-state index contributed by atoms with van der Waals surface area (Å²) in [6, 6.07) is 7.69. The van der Waals surface area contributed by atoms with Crippen LogP contribution in [0.2, 0.25) is 0 Å². The number of rotatable bonds is 5. The molecule has 0 aliphatic rings. The molecule has 1 aromatic carbocycles. The van der Waals surface area contributed by atoms with Crippen LogP contribution in [-0.2, 0) is 0 Å². The fourth-order valence-corrected chi connectivity index (χ4v) is 3.26. The van der Waals surface area contributed by atoms with Crippen LogP contribution in [0.4, 0.5) is 8.78 Å². The summed E-state index contributed by atoms with van der Waals surface area (Å²) >= 11 is 1.51. The van der Waals surface area contributed by atoms with Gasteiger partial charge in [0.2, 0.25) is 0 Å². The van der Waals surface area contributed by atoms with Gasteiger partial charge < -0.3 is 5.32 Å². The first-order valence-corrected chi connectivity index (χ1v) is 7.19. The van der Waals surface area contributed by atoms with E-state index in [2.05, 4.69) is 12.2 Å². The van der Waals surface area contributed by atoms with E-state index in [9.17, 15) is 8.78 Å². The van der Waals surface area contributed by atoms with Gasteiger partial charge in [-0.15, -0.1) is 11.3 Å². The van der Waals surface area contributed by atoms with Gasteiger partial charge in [-0.25, -0.2) is 8.78 Å². The average Bonchev–Trinajstić information content (AvgIpc) is 2.88. The maximum absolute atomic E-state index is 13.7. The van der Waals surface area contributed by atoms with Crippen LogP contribution in [0, 0.1) is 11.6 Å². The molecule has 0 radical (unpaired) electrons. The molecule has 0 aliphatic carbocycles. The standard InChI is InChI=1S/C15H17F2NS/c1-3-4-13(18-2)15-8-7-14(19-15)11-9-10(16)5-6-12(11)17/h5-9,13,18H,3-4H2,1-2H3. The summed E-state index contributed by atoms with van der Waals surface area (Å²) in [5.41, 5.74) is 0.336. The van der Waals surface area contributed by atoms with Crippen LogP contribution in [0.5, 0.6) is 0 Å². The Morgan fingerprint density at radius 1 is 1.21 bits per heavy atom. The van der Waals surface area contributed by atoms with Gasteiger partial charge in [-0.2, -0.15) is 0 Å². The molecule has 0 aliphatic heterocycles. The normalized spacial score (nSPS) is 12.6. The van der Waals surface area contributed by atoms with E-state index >= 15 is 0 Å². The fraction of sp³-hybridized carbons (Fsp3) is 0.333. The minimum absolute atomic E-state index is 0.278. The highest BCUT2D eigenvalue weighted by Gasteiger charge is 2.14. The highest BCUT2D eigenvalue weighted by atomic mass is 32.1. The molecule has 4 heteroatoms. The van der Waals surface area contributed by atoms with E-state index in [1.54, 1.807) is 0 Å². The van der Waals surface area contributed by atoms with Crippen molar-refractivity contribution in [3.05, 3.63) is 46.8 Å². The van der Waals surface area contributed by atoms with E-state index in [-0.39, 0.29) is 11.9 Å². The maximum Gasteiger partial charge on any atom is 0.132 e. The van der Waals surface area contributed by atoms with E-state index in [0.29, 0.717) is 5.56 Å². The Morgan fingerprint density at radius 3 is 2.68 bits per heavy atom. The zero-order chi connectivity index (χ0) is 13.8. The largest absolute Gasteiger partial charge is 0.312 e. The molecule has 1 atom stereocenters. The topological polar surface area (TPSA) is 12.0 Å². The van der Waals surface area contributed by atoms with Gasteiger partial charge >= 0.3 is 0 Å². The molecule has 1 aromatic heterocycles. The molecule has 1 N–H and O–H groups in total. The number of thiophene rings is 1. The Kier molecular flexibility index (Phi) is 4.66. The zero-order valence-electron chi connectivity index (χ0n) is 11.0. The van der Waals surface area contributed by atoms with Gasteiger partial charge in [-0.1, -0.05) is 13.3 Å². The second-order valence-corrected chi connectivity index (χ2v) is 5.57. The predicted molar refractivity (Wildman–Crippen MR) is 76.4 cm³/mol. The molecule has 1 heterocycles. The Bertz CT molecular complexity index is 551. The Labute approximate surface area is 116 Å². The molecule has 1 unspecified atom stereocenters. The van der Waals surface area contributed by atoms with Crippen molar-refractivity contribution in [2.75, 3.05) is 7.05 Å². The Hall–Kier alpha value is -1.26. The molecule has 1 nitrogen and oxygen atoms in total. The third-order valence-corrected chi connectivity index (χ3v) is 4.32. The van der Waals surface area contributed by atoms with Crippen molar-refractivity contribution in [1.29, 1.82) is 0 Å². The zero-order valence-corrected chi connectivity index (χ0v) is 11.9. The second-order valence-electron chi connectivity index (χ2n) is 4.46. The lowest BCUT2D eigenvalue weighted by atomic mass is 10.1. The van der Waals surface area contributed by atoms with Crippen molar-refractivity contribution in [2.45, 2.75) is 25.8 Å². The second kappa shape index (κ2) is 6.26. The summed E-state index contributed by atoms with van der Waals surface area (Å²) in [5.74, 6) is -0.795. The molecule has 0 spiro atoms. The van der Waals surface area contributed by atoms with E-state index < -0.39 is 5.82 Å². The first-order chi connectivity index (χ1) is 9.15. The number of halogens is 2. The third kappa shape index (κ3) is 3.19. The van der Waals surface area contributed by atoms with Crippen molar-refractivity contribution in [2.24, 2.45) is 0 Å². The fourth-order valence-electron chi connectivity index (χ4n) is 2.09. The van der Waals surface area contributed by atoms with Crippen molar-refractivity contribution in [3.8, 4) is 10.4 Å². The first kappa shape index (κ1) is 14.2. The molecule has 0 amide bonds. The SMILES string of the molecule is CCCC(NC)c1ccc(-c2cc(F)ccc2F)s1. The monoisotopic (exact) mass is 281 g/mol. The minimum Gasteiger partial charge on any atom is -0.312 e. The van der Waals surface area contributed by atoms with Crippen molar-refractivity contribution in [1.82, 2.24) is 5.32 Å². The van der Waals surface area contributed by atoms with Gasteiger partial charge in [0, 0.05) is 21.4 Å². The highest BCUT2D eigenvalue weighted by molar-refractivity contribution is 7.15. The Balaban J connectivity index is 2.32. The average molecular weight is 281 g/mol. The molecule has 102 valence electrons. The van der Waals surface area contributed by atoms with E-state index in [0.717, 1.165) is 28.7 Å². The summed E-state index contributed by atoms with van der Waals surface area (Å²) in [6.45, 7) is 2.13. The molecule has 0 saturated carbocycles. The van der Waals surface area contributed by atoms with Crippen LogP contribution in [0.1, 0.15) is 30.7 Å². The summed E-state index contributed by atoms with van der Waals surface area (Å²) in [4.78, 5) is 1.92. The predicted octanol–water partition coefficient (Wildman–Crippen LogP) is 4.75. The number of nitrogens with one attached hydrogen (secondary N) is 1. The van der Waals surface area contributed by atoms with Gasteiger partial charge in [-0.05, 0) is 43.8 Å². The molecular formula is C15H17F2NS. The third-order valence-electron chi connectivity index (χ3n) is 3.09. The lowest BCUT2D eigenvalue weighted by Crippen LogP contribution is -2.14. The molecule has 2 rings (SSSR count). The van der Waals surface area contributed by atoms with Crippen LogP contribution >= 0.6 is 11.3 Å². The number of benzene rings is 1. The lowest BCUT2D eigenvalue weighted by Gasteiger charge is -2.12. The highest BCUT2D eigenvalue weighted by Crippen LogP contribution is 2.34. The molecule has 0 fully saturated rings. The van der Waals surface area contributed by atoms with Gasteiger partial charge in [-0.3, -0.25) is 0 Å². The summed E-state index contributed by atoms with van der Waals surface area (Å²) in [5, 5.41) is 3.25. The maximum atomic E-state index is 13.7. The van der Waals surface area contributed by atoms with Crippen LogP contribution in [-0.4, -0.2) is 7.05 Å². The van der Waals surface area contributed by atoms with E-state index in [4.69, 9.17) is 0 Å². The first-order valence-electron chi connectivity index (χ1n) is 6.38. The van der Waals surface area contributed by atoms with Crippen molar-refractivity contribution in [3.63, 3.8) is 0 Å². The smallest absolute Gasteiger partial charge is 0.132 e. The van der Waals surface area contributed by atoms with Crippen molar-refractivity contribution >= 4 is 11.3 Å². The van der Waals surface area contributed by atoms with Crippen LogP contribution in [0.25, 0.3) is 10.4 Å². The van der Waals surface area contributed by atoms with Gasteiger partial charge in [0.15, 0.2) is 0 Å². The van der Waals surface area contributed by atoms with Crippen molar-refractivity contribution < 1.29 is 8.78 Å². The summed E-state index contributed by atoms with van der Waals surface area (Å²) in [6.07, 6.45) is 2.11. The Morgan fingerprint density at radius 2 is 2.00 bits per heavy atom. The van der Waals surface area contributed by atoms with E-state index in [1.165, 1.54) is 23.5 Å². The van der Waals surface area contributed by atoms with E-state index in [1.807, 2.05) is 19.2 Å². The van der Waals surface area contributed by atoms with Gasteiger partial charge in [0.1, 0.15) is 11.6 Å². The molecule has 0 bridgehead atoms. The van der Waals surface area contributed by atoms with Gasteiger partial charge in [0.25, 0.3) is 0 Å². The molecule has 0 saturated heterocycles. The number of hydrogen-bond acceptors (Lipinski definition) is 2. The van der Waals surface area contributed by atoms with Crippen LogP contribution in [0.15, 0.2) is 30.3 Å². The lowest BCUT2D eigenvalue weighted by molar-refractivity contribution is 0.550. The minimum atomic E-state index is -0.412. The van der Waals surface area contributed by atoms with Gasteiger partial charge in [0.05, 0.1) is 0 Å². The van der Waals surface area contributed by atoms with Crippen LogP contribution < -0.4 is 5.32 Å². The number of hydrogen-bond donors (Lipinski definition) is 1. The summed E-state index contributed by atoms with van der Waals surface area (Å²) < 4.78 is 26.9. The molecule has 2 aromatic rings. The summed E-state index contributed by atoms with van der Waals surface area (Å²) in [7, 11) is 1.92. The van der Waals surface area contributed by atoms with Crippen LogP contribution in [0.3, 0.4) is 0 Å².